The van der Waals surface area contributed by atoms with Crippen molar-refractivity contribution in [2.45, 2.75) is 82.2 Å². The molecule has 5 nitrogen and oxygen atoms in total. The molecule has 0 aromatic carbocycles. The van der Waals surface area contributed by atoms with Gasteiger partial charge >= 0.3 is 6.18 Å². The number of hydrogen-bond acceptors (Lipinski definition) is 5. The summed E-state index contributed by atoms with van der Waals surface area (Å²) in [5, 5.41) is 21.0. The van der Waals surface area contributed by atoms with Crippen LogP contribution in [0.5, 0.6) is 0 Å². The van der Waals surface area contributed by atoms with Crippen molar-refractivity contribution in [1.82, 2.24) is 15.5 Å². The van der Waals surface area contributed by atoms with Crippen molar-refractivity contribution in [2.75, 3.05) is 0 Å². The van der Waals surface area contributed by atoms with E-state index < -0.39 is 11.8 Å². The maximum atomic E-state index is 12.8. The standard InChI is InChI=1S/C16H24F3N3O2/c1-10-21-22-14(24-10)9-11-2-3-13(8-11)20-12-4-6-15(23,7-5-12)16(17,18)19/h11-13,20,23H,2-9H2,1H3/t11-,12?,13+,15?/m1/s1. The minimum atomic E-state index is -4.53. The molecule has 0 amide bonds. The van der Waals surface area contributed by atoms with Crippen molar-refractivity contribution < 1.29 is 22.7 Å². The van der Waals surface area contributed by atoms with Crippen LogP contribution in [0.15, 0.2) is 4.42 Å². The number of halogens is 3. The van der Waals surface area contributed by atoms with Gasteiger partial charge in [-0.15, -0.1) is 10.2 Å². The van der Waals surface area contributed by atoms with E-state index in [1.165, 1.54) is 0 Å². The second-order valence-electron chi connectivity index (χ2n) is 7.27. The minimum Gasteiger partial charge on any atom is -0.426 e. The molecule has 1 aromatic rings. The Bertz CT molecular complexity index is 553. The van der Waals surface area contributed by atoms with Gasteiger partial charge in [0.25, 0.3) is 0 Å². The van der Waals surface area contributed by atoms with Gasteiger partial charge in [0.1, 0.15) is 0 Å². The minimum absolute atomic E-state index is 0.0574. The van der Waals surface area contributed by atoms with Crippen molar-refractivity contribution >= 4 is 0 Å². The summed E-state index contributed by atoms with van der Waals surface area (Å²) < 4.78 is 43.9. The molecule has 0 unspecified atom stereocenters. The summed E-state index contributed by atoms with van der Waals surface area (Å²) in [5.74, 6) is 1.70. The SMILES string of the molecule is Cc1nnc(C[C@@H]2CC[C@H](NC3CCC(O)(C(F)(F)F)CC3)C2)o1. The Labute approximate surface area is 139 Å². The van der Waals surface area contributed by atoms with Gasteiger partial charge in [0.05, 0.1) is 0 Å². The third kappa shape index (κ3) is 3.91. The number of alkyl halides is 3. The molecular formula is C16H24F3N3O2. The number of nitrogens with zero attached hydrogens (tertiary/aromatic N) is 2. The monoisotopic (exact) mass is 347 g/mol. The molecule has 2 N–H and O–H groups in total. The second kappa shape index (κ2) is 6.63. The number of aromatic nitrogens is 2. The summed E-state index contributed by atoms with van der Waals surface area (Å²) in [4.78, 5) is 0. The molecule has 0 aliphatic heterocycles. The van der Waals surface area contributed by atoms with Crippen LogP contribution in [0.1, 0.15) is 56.7 Å². The third-order valence-corrected chi connectivity index (χ3v) is 5.38. The largest absolute Gasteiger partial charge is 0.426 e. The zero-order valence-electron chi connectivity index (χ0n) is 13.8. The van der Waals surface area contributed by atoms with Crippen molar-refractivity contribution in [1.29, 1.82) is 0 Å². The van der Waals surface area contributed by atoms with Crippen LogP contribution in [0.4, 0.5) is 13.2 Å². The van der Waals surface area contributed by atoms with E-state index in [0.717, 1.165) is 25.7 Å². The maximum Gasteiger partial charge on any atom is 0.417 e. The van der Waals surface area contributed by atoms with Crippen LogP contribution in [0.3, 0.4) is 0 Å². The predicted molar refractivity (Wildman–Crippen MR) is 80.3 cm³/mol. The smallest absolute Gasteiger partial charge is 0.417 e. The molecule has 0 bridgehead atoms. The van der Waals surface area contributed by atoms with Crippen molar-refractivity contribution in [2.24, 2.45) is 5.92 Å². The van der Waals surface area contributed by atoms with Crippen molar-refractivity contribution in [3.63, 3.8) is 0 Å². The van der Waals surface area contributed by atoms with Crippen molar-refractivity contribution in [3.05, 3.63) is 11.8 Å². The first kappa shape index (κ1) is 17.7. The molecule has 136 valence electrons. The number of hydrogen-bond donors (Lipinski definition) is 2. The average Bonchev–Trinajstić information content (AvgIpc) is 3.10. The highest BCUT2D eigenvalue weighted by Gasteiger charge is 2.54. The molecule has 1 heterocycles. The van der Waals surface area contributed by atoms with Gasteiger partial charge in [0.15, 0.2) is 5.60 Å². The maximum absolute atomic E-state index is 12.8. The Kier molecular flexibility index (Phi) is 4.88. The Balaban J connectivity index is 1.43. The van der Waals surface area contributed by atoms with Crippen LogP contribution in [-0.4, -0.2) is 39.2 Å². The highest BCUT2D eigenvalue weighted by molar-refractivity contribution is 4.95. The molecule has 0 spiro atoms. The molecule has 0 radical (unpaired) electrons. The van der Waals surface area contributed by atoms with Crippen LogP contribution >= 0.6 is 0 Å². The van der Waals surface area contributed by atoms with Crippen LogP contribution in [0.2, 0.25) is 0 Å². The van der Waals surface area contributed by atoms with E-state index >= 15 is 0 Å². The number of aliphatic hydroxyl groups is 1. The van der Waals surface area contributed by atoms with Gasteiger partial charge in [-0.2, -0.15) is 13.2 Å². The van der Waals surface area contributed by atoms with E-state index in [9.17, 15) is 18.3 Å². The molecule has 2 atom stereocenters. The van der Waals surface area contributed by atoms with Crippen LogP contribution in [-0.2, 0) is 6.42 Å². The highest BCUT2D eigenvalue weighted by Crippen LogP contribution is 2.41. The Morgan fingerprint density at radius 2 is 1.88 bits per heavy atom. The van der Waals surface area contributed by atoms with E-state index in [1.807, 2.05) is 0 Å². The molecule has 1 aromatic heterocycles. The fourth-order valence-electron chi connectivity index (χ4n) is 3.96. The quantitative estimate of drug-likeness (QED) is 0.876. The molecular weight excluding hydrogens is 323 g/mol. The molecule has 0 saturated heterocycles. The van der Waals surface area contributed by atoms with Gasteiger partial charge in [-0.05, 0) is 50.9 Å². The lowest BCUT2D eigenvalue weighted by Crippen LogP contribution is -2.51. The van der Waals surface area contributed by atoms with Crippen LogP contribution < -0.4 is 5.32 Å². The molecule has 24 heavy (non-hydrogen) atoms. The second-order valence-corrected chi connectivity index (χ2v) is 7.27. The van der Waals surface area contributed by atoms with Crippen LogP contribution in [0, 0.1) is 12.8 Å². The first-order valence-electron chi connectivity index (χ1n) is 8.59. The van der Waals surface area contributed by atoms with E-state index in [-0.39, 0.29) is 18.9 Å². The van der Waals surface area contributed by atoms with Gasteiger partial charge < -0.3 is 14.8 Å². The zero-order chi connectivity index (χ0) is 17.4. The Morgan fingerprint density at radius 3 is 2.46 bits per heavy atom. The summed E-state index contributed by atoms with van der Waals surface area (Å²) in [5.41, 5.74) is -2.50. The lowest BCUT2D eigenvalue weighted by molar-refractivity contribution is -0.270. The summed E-state index contributed by atoms with van der Waals surface area (Å²) >= 11 is 0. The summed E-state index contributed by atoms with van der Waals surface area (Å²) in [6.45, 7) is 1.76. The topological polar surface area (TPSA) is 71.2 Å². The van der Waals surface area contributed by atoms with Gasteiger partial charge in [-0.3, -0.25) is 0 Å². The normalized spacial score (nSPS) is 34.6. The lowest BCUT2D eigenvalue weighted by Gasteiger charge is -2.38. The lowest BCUT2D eigenvalue weighted by atomic mass is 9.81. The summed E-state index contributed by atoms with van der Waals surface area (Å²) in [6, 6.07) is 0.378. The molecule has 8 heteroatoms. The van der Waals surface area contributed by atoms with E-state index in [0.29, 0.717) is 36.6 Å². The van der Waals surface area contributed by atoms with Gasteiger partial charge in [0.2, 0.25) is 11.8 Å². The average molecular weight is 347 g/mol. The summed E-state index contributed by atoms with van der Waals surface area (Å²) in [7, 11) is 0. The molecule has 2 aliphatic rings. The fraction of sp³-hybridized carbons (Fsp3) is 0.875. The molecule has 2 aliphatic carbocycles. The molecule has 3 rings (SSSR count). The van der Waals surface area contributed by atoms with Gasteiger partial charge in [0, 0.05) is 25.4 Å². The van der Waals surface area contributed by atoms with E-state index in [2.05, 4.69) is 15.5 Å². The van der Waals surface area contributed by atoms with E-state index in [4.69, 9.17) is 4.42 Å². The molecule has 2 saturated carbocycles. The van der Waals surface area contributed by atoms with Crippen molar-refractivity contribution in [3.8, 4) is 0 Å². The fourth-order valence-corrected chi connectivity index (χ4v) is 3.96. The zero-order valence-corrected chi connectivity index (χ0v) is 13.8. The van der Waals surface area contributed by atoms with E-state index in [1.54, 1.807) is 6.92 Å². The number of rotatable bonds is 4. The van der Waals surface area contributed by atoms with Crippen LogP contribution in [0.25, 0.3) is 0 Å². The van der Waals surface area contributed by atoms with Gasteiger partial charge in [-0.25, -0.2) is 0 Å². The third-order valence-electron chi connectivity index (χ3n) is 5.38. The first-order chi connectivity index (χ1) is 11.2. The summed E-state index contributed by atoms with van der Waals surface area (Å²) in [6.07, 6.45) is -0.440. The number of aryl methyl sites for hydroxylation is 1. The highest BCUT2D eigenvalue weighted by atomic mass is 19.4. The Hall–Kier alpha value is -1.15. The van der Waals surface area contributed by atoms with Gasteiger partial charge in [-0.1, -0.05) is 0 Å². The number of nitrogens with one attached hydrogen (secondary N) is 1. The molecule has 2 fully saturated rings. The Morgan fingerprint density at radius 1 is 1.17 bits per heavy atom. The first-order valence-corrected chi connectivity index (χ1v) is 8.59. The predicted octanol–water partition coefficient (Wildman–Crippen LogP) is 2.91.